The molecule has 1 aromatic heterocycles. The number of nitrogens with zero attached hydrogens (tertiary/aromatic N) is 1. The first kappa shape index (κ1) is 10.7. The molecule has 0 bridgehead atoms. The molecule has 0 fully saturated rings. The lowest BCUT2D eigenvalue weighted by Gasteiger charge is -2.17. The number of rotatable bonds is 1. The van der Waals surface area contributed by atoms with Crippen LogP contribution in [0.2, 0.25) is 0 Å². The van der Waals surface area contributed by atoms with Crippen molar-refractivity contribution in [3.8, 4) is 0 Å². The third-order valence-electron chi connectivity index (χ3n) is 3.49. The molecule has 3 rings (SSSR count). The van der Waals surface area contributed by atoms with Crippen LogP contribution in [0.5, 0.6) is 0 Å². The summed E-state index contributed by atoms with van der Waals surface area (Å²) in [5.41, 5.74) is 5.60. The largest absolute Gasteiger partial charge is 0.343 e. The highest BCUT2D eigenvalue weighted by atomic mass is 79.9. The smallest absolute Gasteiger partial charge is 0.0526 e. The highest BCUT2D eigenvalue weighted by molar-refractivity contribution is 9.10. The maximum atomic E-state index is 4.38. The van der Waals surface area contributed by atoms with Crippen LogP contribution in [-0.4, -0.2) is 4.57 Å². The number of aryl methyl sites for hydroxylation is 2. The fourth-order valence-corrected chi connectivity index (χ4v) is 3.42. The lowest BCUT2D eigenvalue weighted by atomic mass is 10.0. The van der Waals surface area contributed by atoms with Crippen LogP contribution in [0, 0.1) is 6.92 Å². The van der Waals surface area contributed by atoms with Gasteiger partial charge in [0.15, 0.2) is 0 Å². The molecule has 1 aromatic carbocycles. The molecule has 2 aromatic rings. The van der Waals surface area contributed by atoms with Gasteiger partial charge in [-0.25, -0.2) is 0 Å². The Morgan fingerprint density at radius 1 is 1.44 bits per heavy atom. The van der Waals surface area contributed by atoms with E-state index in [0.717, 1.165) is 12.3 Å². The molecule has 0 N–H and O–H groups in total. The minimum Gasteiger partial charge on any atom is -0.343 e. The van der Waals surface area contributed by atoms with Gasteiger partial charge in [-0.1, -0.05) is 6.07 Å². The second kappa shape index (κ2) is 3.81. The normalized spacial score (nSPS) is 14.7. The molecule has 2 heterocycles. The van der Waals surface area contributed by atoms with E-state index in [9.17, 15) is 0 Å². The fraction of sp³-hybridized carbons (Fsp3) is 0.385. The van der Waals surface area contributed by atoms with E-state index in [0.29, 0.717) is 0 Å². The van der Waals surface area contributed by atoms with Gasteiger partial charge in [-0.2, -0.15) is 12.6 Å². The fourth-order valence-electron chi connectivity index (χ4n) is 2.72. The Labute approximate surface area is 109 Å². The van der Waals surface area contributed by atoms with Crippen molar-refractivity contribution in [2.24, 2.45) is 0 Å². The second-order valence-electron chi connectivity index (χ2n) is 4.46. The van der Waals surface area contributed by atoms with Crippen LogP contribution in [0.4, 0.5) is 0 Å². The molecule has 0 unspecified atom stereocenters. The number of hydrogen-bond acceptors (Lipinski definition) is 1. The molecule has 1 nitrogen and oxygen atoms in total. The van der Waals surface area contributed by atoms with Crippen molar-refractivity contribution in [3.05, 3.63) is 33.4 Å². The van der Waals surface area contributed by atoms with Crippen LogP contribution < -0.4 is 0 Å². The van der Waals surface area contributed by atoms with Crippen molar-refractivity contribution >= 4 is 39.5 Å². The van der Waals surface area contributed by atoms with Gasteiger partial charge >= 0.3 is 0 Å². The van der Waals surface area contributed by atoms with Gasteiger partial charge in [-0.3, -0.25) is 0 Å². The first-order valence-corrected chi connectivity index (χ1v) is 7.06. The number of hydrogen-bond donors (Lipinski definition) is 1. The van der Waals surface area contributed by atoms with Crippen molar-refractivity contribution < 1.29 is 0 Å². The van der Waals surface area contributed by atoms with Gasteiger partial charge in [0, 0.05) is 27.9 Å². The molecule has 0 saturated carbocycles. The van der Waals surface area contributed by atoms with E-state index in [4.69, 9.17) is 0 Å². The van der Waals surface area contributed by atoms with Gasteiger partial charge < -0.3 is 4.57 Å². The van der Waals surface area contributed by atoms with Crippen LogP contribution >= 0.6 is 28.6 Å². The molecule has 0 spiro atoms. The summed E-state index contributed by atoms with van der Waals surface area (Å²) in [6.45, 7) is 3.35. The molecule has 84 valence electrons. The number of halogens is 1. The standard InChI is InChI=1S/C13H14BrNS/c1-8-12(14)11-6-9(7-16)5-10-3-2-4-15(8)13(10)11/h5-6,16H,2-4,7H2,1H3. The van der Waals surface area contributed by atoms with E-state index in [-0.39, 0.29) is 0 Å². The molecule has 0 amide bonds. The van der Waals surface area contributed by atoms with Crippen LogP contribution in [-0.2, 0) is 18.7 Å². The molecule has 1 aliphatic heterocycles. The quantitative estimate of drug-likeness (QED) is 0.756. The average molecular weight is 296 g/mol. The Morgan fingerprint density at radius 3 is 3.00 bits per heavy atom. The summed E-state index contributed by atoms with van der Waals surface area (Å²) in [4.78, 5) is 0. The summed E-state index contributed by atoms with van der Waals surface area (Å²) in [6, 6.07) is 4.58. The number of thiol groups is 1. The lowest BCUT2D eigenvalue weighted by molar-refractivity contribution is 0.622. The molecular weight excluding hydrogens is 282 g/mol. The summed E-state index contributed by atoms with van der Waals surface area (Å²) in [7, 11) is 0. The van der Waals surface area contributed by atoms with E-state index in [1.54, 1.807) is 0 Å². The number of aromatic nitrogens is 1. The summed E-state index contributed by atoms with van der Waals surface area (Å²) in [5.74, 6) is 0.819. The SMILES string of the molecule is Cc1c(Br)c2cc(CS)cc3c2n1CCC3. The third kappa shape index (κ3) is 1.37. The minimum absolute atomic E-state index is 0.819. The Balaban J connectivity index is 2.45. The maximum Gasteiger partial charge on any atom is 0.0526 e. The highest BCUT2D eigenvalue weighted by Gasteiger charge is 2.19. The summed E-state index contributed by atoms with van der Waals surface area (Å²) in [6.07, 6.45) is 2.45. The predicted molar refractivity (Wildman–Crippen MR) is 75.4 cm³/mol. The van der Waals surface area contributed by atoms with E-state index in [1.807, 2.05) is 0 Å². The maximum absolute atomic E-state index is 4.38. The van der Waals surface area contributed by atoms with E-state index >= 15 is 0 Å². The van der Waals surface area contributed by atoms with Crippen molar-refractivity contribution in [2.45, 2.75) is 32.1 Å². The van der Waals surface area contributed by atoms with Gasteiger partial charge in [0.25, 0.3) is 0 Å². The Morgan fingerprint density at radius 2 is 2.25 bits per heavy atom. The Bertz CT molecular complexity index is 571. The van der Waals surface area contributed by atoms with Crippen molar-refractivity contribution in [2.75, 3.05) is 0 Å². The molecule has 0 aliphatic carbocycles. The average Bonchev–Trinajstić information content (AvgIpc) is 2.56. The van der Waals surface area contributed by atoms with Crippen LogP contribution in [0.1, 0.15) is 23.2 Å². The van der Waals surface area contributed by atoms with E-state index < -0.39 is 0 Å². The van der Waals surface area contributed by atoms with Crippen LogP contribution in [0.3, 0.4) is 0 Å². The monoisotopic (exact) mass is 295 g/mol. The Kier molecular flexibility index (Phi) is 2.55. The van der Waals surface area contributed by atoms with Crippen molar-refractivity contribution in [1.29, 1.82) is 0 Å². The Hall–Kier alpha value is -0.410. The molecule has 3 heteroatoms. The zero-order valence-corrected chi connectivity index (χ0v) is 11.7. The summed E-state index contributed by atoms with van der Waals surface area (Å²) in [5, 5.41) is 1.36. The van der Waals surface area contributed by atoms with Crippen molar-refractivity contribution in [3.63, 3.8) is 0 Å². The molecule has 0 saturated heterocycles. The van der Waals surface area contributed by atoms with Gasteiger partial charge in [-0.15, -0.1) is 0 Å². The first-order valence-electron chi connectivity index (χ1n) is 5.63. The topological polar surface area (TPSA) is 4.93 Å². The van der Waals surface area contributed by atoms with Gasteiger partial charge in [0.05, 0.1) is 5.52 Å². The van der Waals surface area contributed by atoms with Crippen LogP contribution in [0.15, 0.2) is 16.6 Å². The molecular formula is C13H14BrNS. The third-order valence-corrected chi connectivity index (χ3v) is 4.85. The molecule has 0 atom stereocenters. The second-order valence-corrected chi connectivity index (χ2v) is 5.57. The summed E-state index contributed by atoms with van der Waals surface area (Å²) < 4.78 is 3.70. The van der Waals surface area contributed by atoms with Gasteiger partial charge in [0.1, 0.15) is 0 Å². The zero-order chi connectivity index (χ0) is 11.3. The lowest BCUT2D eigenvalue weighted by Crippen LogP contribution is -2.08. The first-order chi connectivity index (χ1) is 7.72. The van der Waals surface area contributed by atoms with Crippen molar-refractivity contribution in [1.82, 2.24) is 4.57 Å². The van der Waals surface area contributed by atoms with Gasteiger partial charge in [0.2, 0.25) is 0 Å². The van der Waals surface area contributed by atoms with E-state index in [2.05, 4.69) is 52.2 Å². The molecule has 16 heavy (non-hydrogen) atoms. The van der Waals surface area contributed by atoms with Gasteiger partial charge in [-0.05, 0) is 52.9 Å². The molecule has 1 aliphatic rings. The highest BCUT2D eigenvalue weighted by Crippen LogP contribution is 2.36. The molecule has 0 radical (unpaired) electrons. The van der Waals surface area contributed by atoms with Crippen LogP contribution in [0.25, 0.3) is 10.9 Å². The predicted octanol–water partition coefficient (Wildman–Crippen LogP) is 4.09. The zero-order valence-electron chi connectivity index (χ0n) is 9.26. The number of benzene rings is 1. The summed E-state index contributed by atoms with van der Waals surface area (Å²) >= 11 is 8.11. The van der Waals surface area contributed by atoms with E-state index in [1.165, 1.54) is 45.0 Å². The minimum atomic E-state index is 0.819.